The highest BCUT2D eigenvalue weighted by Gasteiger charge is 2.12. The van der Waals surface area contributed by atoms with Gasteiger partial charge in [-0.15, -0.1) is 0 Å². The van der Waals surface area contributed by atoms with Gasteiger partial charge >= 0.3 is 5.97 Å². The standard InChI is InChI=1S/C15H18O2/c16-15(11-13-7-3-1-4-8-13)17-12-14-9-5-2-6-10-14/h1-5,7-8,14H,6,9-12H2. The molecule has 2 heteroatoms. The van der Waals surface area contributed by atoms with E-state index in [-0.39, 0.29) is 5.97 Å². The van der Waals surface area contributed by atoms with E-state index in [0.717, 1.165) is 24.8 Å². The summed E-state index contributed by atoms with van der Waals surface area (Å²) in [6.45, 7) is 0.565. The average Bonchev–Trinajstić information content (AvgIpc) is 2.39. The van der Waals surface area contributed by atoms with E-state index in [0.29, 0.717) is 18.9 Å². The highest BCUT2D eigenvalue weighted by atomic mass is 16.5. The van der Waals surface area contributed by atoms with Gasteiger partial charge in [0.25, 0.3) is 0 Å². The number of hydrogen-bond acceptors (Lipinski definition) is 2. The molecule has 0 N–H and O–H groups in total. The smallest absolute Gasteiger partial charge is 0.310 e. The van der Waals surface area contributed by atoms with Crippen LogP contribution in [0.4, 0.5) is 0 Å². The zero-order valence-electron chi connectivity index (χ0n) is 9.97. The molecule has 0 aliphatic heterocycles. The van der Waals surface area contributed by atoms with Crippen LogP contribution in [-0.4, -0.2) is 12.6 Å². The molecule has 1 atom stereocenters. The lowest BCUT2D eigenvalue weighted by Crippen LogP contribution is -2.16. The lowest BCUT2D eigenvalue weighted by atomic mass is 9.95. The molecule has 1 aromatic carbocycles. The molecule has 1 aromatic rings. The van der Waals surface area contributed by atoms with Crippen molar-refractivity contribution < 1.29 is 9.53 Å². The van der Waals surface area contributed by atoms with Crippen LogP contribution in [-0.2, 0) is 16.0 Å². The maximum absolute atomic E-state index is 11.6. The third-order valence-electron chi connectivity index (χ3n) is 3.05. The maximum Gasteiger partial charge on any atom is 0.310 e. The number of hydrogen-bond donors (Lipinski definition) is 0. The van der Waals surface area contributed by atoms with Gasteiger partial charge in [-0.05, 0) is 30.7 Å². The van der Waals surface area contributed by atoms with Crippen molar-refractivity contribution >= 4 is 5.97 Å². The Bertz CT molecular complexity index is 381. The molecule has 2 rings (SSSR count). The number of carbonyl (C=O) groups excluding carboxylic acids is 1. The predicted molar refractivity (Wildman–Crippen MR) is 67.6 cm³/mol. The molecule has 0 amide bonds. The highest BCUT2D eigenvalue weighted by molar-refractivity contribution is 5.72. The summed E-state index contributed by atoms with van der Waals surface area (Å²) < 4.78 is 5.31. The Hall–Kier alpha value is -1.57. The summed E-state index contributed by atoms with van der Waals surface area (Å²) in [6.07, 6.45) is 8.04. The summed E-state index contributed by atoms with van der Waals surface area (Å²) in [6, 6.07) is 9.72. The molecular formula is C15H18O2. The van der Waals surface area contributed by atoms with Crippen molar-refractivity contribution in [3.8, 4) is 0 Å². The molecule has 0 heterocycles. The van der Waals surface area contributed by atoms with E-state index in [1.165, 1.54) is 0 Å². The lowest BCUT2D eigenvalue weighted by molar-refractivity contribution is -0.144. The fourth-order valence-corrected chi connectivity index (χ4v) is 2.03. The van der Waals surface area contributed by atoms with Crippen molar-refractivity contribution in [1.29, 1.82) is 0 Å². The van der Waals surface area contributed by atoms with Crippen molar-refractivity contribution in [2.75, 3.05) is 6.61 Å². The van der Waals surface area contributed by atoms with Crippen LogP contribution in [0, 0.1) is 5.92 Å². The van der Waals surface area contributed by atoms with Gasteiger partial charge in [-0.3, -0.25) is 4.79 Å². The number of carbonyl (C=O) groups is 1. The molecule has 90 valence electrons. The van der Waals surface area contributed by atoms with Gasteiger partial charge in [-0.2, -0.15) is 0 Å². The number of esters is 1. The van der Waals surface area contributed by atoms with Crippen molar-refractivity contribution in [3.05, 3.63) is 48.0 Å². The van der Waals surface area contributed by atoms with Crippen molar-refractivity contribution in [2.45, 2.75) is 25.7 Å². The first-order valence-electron chi connectivity index (χ1n) is 6.19. The molecule has 0 bridgehead atoms. The van der Waals surface area contributed by atoms with Crippen LogP contribution in [0.3, 0.4) is 0 Å². The minimum absolute atomic E-state index is 0.120. The van der Waals surface area contributed by atoms with Gasteiger partial charge in [-0.1, -0.05) is 42.5 Å². The van der Waals surface area contributed by atoms with Gasteiger partial charge in [0.1, 0.15) is 0 Å². The lowest BCUT2D eigenvalue weighted by Gasteiger charge is -2.17. The van der Waals surface area contributed by atoms with Crippen LogP contribution in [0.25, 0.3) is 0 Å². The van der Waals surface area contributed by atoms with Gasteiger partial charge in [0.05, 0.1) is 13.0 Å². The molecule has 1 unspecified atom stereocenters. The van der Waals surface area contributed by atoms with Crippen LogP contribution in [0.15, 0.2) is 42.5 Å². The van der Waals surface area contributed by atoms with E-state index >= 15 is 0 Å². The maximum atomic E-state index is 11.6. The molecule has 17 heavy (non-hydrogen) atoms. The van der Waals surface area contributed by atoms with Crippen LogP contribution in [0.2, 0.25) is 0 Å². The van der Waals surface area contributed by atoms with E-state index < -0.39 is 0 Å². The summed E-state index contributed by atoms with van der Waals surface area (Å²) >= 11 is 0. The quantitative estimate of drug-likeness (QED) is 0.586. The molecule has 1 aliphatic carbocycles. The zero-order chi connectivity index (χ0) is 11.9. The first-order valence-corrected chi connectivity index (χ1v) is 6.19. The van der Waals surface area contributed by atoms with Crippen molar-refractivity contribution in [3.63, 3.8) is 0 Å². The van der Waals surface area contributed by atoms with Gasteiger partial charge < -0.3 is 4.74 Å². The minimum Gasteiger partial charge on any atom is -0.465 e. The Labute approximate surface area is 102 Å². The molecular weight excluding hydrogens is 212 g/mol. The first kappa shape index (κ1) is 11.9. The van der Waals surface area contributed by atoms with Crippen molar-refractivity contribution in [1.82, 2.24) is 0 Å². The Morgan fingerprint density at radius 3 is 2.76 bits per heavy atom. The summed E-state index contributed by atoms with van der Waals surface area (Å²) in [5.41, 5.74) is 1.01. The van der Waals surface area contributed by atoms with Crippen LogP contribution in [0.1, 0.15) is 24.8 Å². The molecule has 0 radical (unpaired) electrons. The summed E-state index contributed by atoms with van der Waals surface area (Å²) in [4.78, 5) is 11.6. The second-order valence-electron chi connectivity index (χ2n) is 4.50. The number of rotatable bonds is 4. The van der Waals surface area contributed by atoms with Gasteiger partial charge in [0.2, 0.25) is 0 Å². The number of benzene rings is 1. The highest BCUT2D eigenvalue weighted by Crippen LogP contribution is 2.18. The zero-order valence-corrected chi connectivity index (χ0v) is 9.97. The number of ether oxygens (including phenoxy) is 1. The third kappa shape index (κ3) is 4.06. The minimum atomic E-state index is -0.120. The fraction of sp³-hybridized carbons (Fsp3) is 0.400. The number of allylic oxidation sites excluding steroid dienone is 2. The van der Waals surface area contributed by atoms with Crippen LogP contribution < -0.4 is 0 Å². The largest absolute Gasteiger partial charge is 0.465 e. The Balaban J connectivity index is 1.72. The average molecular weight is 230 g/mol. The van der Waals surface area contributed by atoms with Crippen molar-refractivity contribution in [2.24, 2.45) is 5.92 Å². The Morgan fingerprint density at radius 1 is 1.24 bits per heavy atom. The van der Waals surface area contributed by atoms with Gasteiger partial charge in [-0.25, -0.2) is 0 Å². The molecule has 0 saturated heterocycles. The summed E-state index contributed by atoms with van der Waals surface area (Å²) in [5, 5.41) is 0. The summed E-state index contributed by atoms with van der Waals surface area (Å²) in [5.74, 6) is 0.394. The summed E-state index contributed by atoms with van der Waals surface area (Å²) in [7, 11) is 0. The van der Waals surface area contributed by atoms with E-state index in [1.807, 2.05) is 30.3 Å². The Kier molecular flexibility index (Phi) is 4.37. The predicted octanol–water partition coefficient (Wildman–Crippen LogP) is 3.13. The molecule has 1 aliphatic rings. The fourth-order valence-electron chi connectivity index (χ4n) is 2.03. The second-order valence-corrected chi connectivity index (χ2v) is 4.50. The second kappa shape index (κ2) is 6.24. The van der Waals surface area contributed by atoms with E-state index in [2.05, 4.69) is 12.2 Å². The normalized spacial score (nSPS) is 18.9. The molecule has 0 spiro atoms. The molecule has 0 fully saturated rings. The van der Waals surface area contributed by atoms with Gasteiger partial charge in [0.15, 0.2) is 0 Å². The first-order chi connectivity index (χ1) is 8.34. The van der Waals surface area contributed by atoms with Gasteiger partial charge in [0, 0.05) is 0 Å². The Morgan fingerprint density at radius 2 is 2.06 bits per heavy atom. The van der Waals surface area contributed by atoms with E-state index in [1.54, 1.807) is 0 Å². The monoisotopic (exact) mass is 230 g/mol. The molecule has 2 nitrogen and oxygen atoms in total. The topological polar surface area (TPSA) is 26.3 Å². The van der Waals surface area contributed by atoms with Crippen LogP contribution >= 0.6 is 0 Å². The molecule has 0 saturated carbocycles. The van der Waals surface area contributed by atoms with Crippen LogP contribution in [0.5, 0.6) is 0 Å². The molecule has 0 aromatic heterocycles. The van der Waals surface area contributed by atoms with E-state index in [4.69, 9.17) is 4.74 Å². The SMILES string of the molecule is O=C(Cc1ccccc1)OCC1CC=CCC1. The third-order valence-corrected chi connectivity index (χ3v) is 3.05. The van der Waals surface area contributed by atoms with E-state index in [9.17, 15) is 4.79 Å².